The monoisotopic (exact) mass is 664 g/mol. The van der Waals surface area contributed by atoms with Crippen LogP contribution in [0.1, 0.15) is 58.7 Å². The zero-order valence-electron chi connectivity index (χ0n) is 29.9. The lowest BCUT2D eigenvalue weighted by atomic mass is 9.80. The molecule has 248 valence electrons. The number of allylic oxidation sites excluding steroid dienone is 6. The van der Waals surface area contributed by atoms with Gasteiger partial charge in [-0.25, -0.2) is 0 Å². The highest BCUT2D eigenvalue weighted by Gasteiger charge is 2.24. The van der Waals surface area contributed by atoms with Crippen LogP contribution < -0.4 is 0 Å². The van der Waals surface area contributed by atoms with Crippen molar-refractivity contribution in [2.24, 2.45) is 0 Å². The van der Waals surface area contributed by atoms with Crippen LogP contribution in [0, 0.1) is 6.92 Å². The molecular weight excluding hydrogens is 625 g/mol. The Bertz CT molecular complexity index is 2750. The van der Waals surface area contributed by atoms with E-state index in [9.17, 15) is 0 Å². The lowest BCUT2D eigenvalue weighted by molar-refractivity contribution is 0.941. The molecule has 0 fully saturated rings. The molecule has 0 heteroatoms. The molecule has 0 N–H and O–H groups in total. The summed E-state index contributed by atoms with van der Waals surface area (Å²) in [5.74, 6) is 0. The summed E-state index contributed by atoms with van der Waals surface area (Å²) in [6.07, 6.45) is 16.9. The van der Waals surface area contributed by atoms with Gasteiger partial charge in [-0.3, -0.25) is 0 Å². The standard InChI is InChI=1S/C52H40/c1-3-4-12-41-33(2)18-19-37-26-21-35-22-27-39(30-31-43(35)49(37)41)51-44-14-7-9-16-46(44)52(47-17-10-8-15-45(47)51)40-29-24-36-23-28-38-25-20-34-11-5-6-13-42(34)50(38)48(36)32-40/h4-20,22,24-25,27,29,31-32H,3,21,23,26,28H2,1-2H3/b12-4-. The van der Waals surface area contributed by atoms with Crippen molar-refractivity contribution in [1.82, 2.24) is 0 Å². The molecular formula is C52H40. The molecule has 0 aromatic heterocycles. The Morgan fingerprint density at radius 1 is 0.577 bits per heavy atom. The fraction of sp³-hybridized carbons (Fsp3) is 0.135. The van der Waals surface area contributed by atoms with Crippen molar-refractivity contribution in [2.45, 2.75) is 46.0 Å². The predicted molar refractivity (Wildman–Crippen MR) is 224 cm³/mol. The van der Waals surface area contributed by atoms with Gasteiger partial charge in [-0.15, -0.1) is 5.73 Å². The van der Waals surface area contributed by atoms with Crippen molar-refractivity contribution < 1.29 is 0 Å². The Kier molecular flexibility index (Phi) is 7.34. The van der Waals surface area contributed by atoms with Gasteiger partial charge in [0.25, 0.3) is 0 Å². The minimum atomic E-state index is 1.03. The Hall–Kier alpha value is -5.94. The fourth-order valence-corrected chi connectivity index (χ4v) is 9.21. The van der Waals surface area contributed by atoms with Crippen LogP contribution in [0.4, 0.5) is 0 Å². The van der Waals surface area contributed by atoms with Gasteiger partial charge in [0.05, 0.1) is 0 Å². The van der Waals surface area contributed by atoms with E-state index in [-0.39, 0.29) is 0 Å². The molecule has 10 rings (SSSR count). The molecule has 0 nitrogen and oxygen atoms in total. The summed E-state index contributed by atoms with van der Waals surface area (Å²) in [5, 5.41) is 7.75. The quantitative estimate of drug-likeness (QED) is 0.130. The van der Waals surface area contributed by atoms with Crippen LogP contribution in [0.5, 0.6) is 0 Å². The van der Waals surface area contributed by atoms with E-state index >= 15 is 0 Å². The summed E-state index contributed by atoms with van der Waals surface area (Å²) < 4.78 is 0. The normalized spacial score (nSPS) is 14.8. The number of rotatable bonds is 4. The summed E-state index contributed by atoms with van der Waals surface area (Å²) in [7, 11) is 0. The fourth-order valence-electron chi connectivity index (χ4n) is 9.21. The molecule has 0 saturated carbocycles. The molecule has 52 heavy (non-hydrogen) atoms. The summed E-state index contributed by atoms with van der Waals surface area (Å²) in [4.78, 5) is 0. The Labute approximate surface area is 306 Å². The average Bonchev–Trinajstić information content (AvgIpc) is 3.41. The van der Waals surface area contributed by atoms with Crippen molar-refractivity contribution in [2.75, 3.05) is 0 Å². The van der Waals surface area contributed by atoms with E-state index in [4.69, 9.17) is 0 Å². The summed E-state index contributed by atoms with van der Waals surface area (Å²) >= 11 is 0. The van der Waals surface area contributed by atoms with Crippen molar-refractivity contribution in [3.63, 3.8) is 0 Å². The maximum absolute atomic E-state index is 3.88. The van der Waals surface area contributed by atoms with Gasteiger partial charge in [0.1, 0.15) is 0 Å². The largest absolute Gasteiger partial charge is 0.112 e. The van der Waals surface area contributed by atoms with Gasteiger partial charge in [-0.2, -0.15) is 0 Å². The first-order valence-corrected chi connectivity index (χ1v) is 18.9. The number of aryl methyl sites for hydroxylation is 4. The van der Waals surface area contributed by atoms with Gasteiger partial charge in [0.15, 0.2) is 0 Å². The van der Waals surface area contributed by atoms with Crippen molar-refractivity contribution in [3.8, 4) is 22.3 Å². The third kappa shape index (κ3) is 4.83. The summed E-state index contributed by atoms with van der Waals surface area (Å²) in [6, 6.07) is 43.5. The van der Waals surface area contributed by atoms with E-state index in [1.807, 2.05) is 0 Å². The van der Waals surface area contributed by atoms with E-state index in [1.54, 1.807) is 0 Å². The van der Waals surface area contributed by atoms with Crippen molar-refractivity contribution >= 4 is 49.5 Å². The second-order valence-electron chi connectivity index (χ2n) is 14.6. The summed E-state index contributed by atoms with van der Waals surface area (Å²) in [6.45, 7) is 4.45. The van der Waals surface area contributed by atoms with Crippen LogP contribution in [0.15, 0.2) is 151 Å². The van der Waals surface area contributed by atoms with Gasteiger partial charge >= 0.3 is 0 Å². The van der Waals surface area contributed by atoms with E-state index in [0.29, 0.717) is 0 Å². The van der Waals surface area contributed by atoms with E-state index in [2.05, 4.69) is 165 Å². The van der Waals surface area contributed by atoms with Crippen LogP contribution in [0.3, 0.4) is 0 Å². The molecule has 0 radical (unpaired) electrons. The molecule has 7 aromatic carbocycles. The Morgan fingerprint density at radius 2 is 1.21 bits per heavy atom. The zero-order chi connectivity index (χ0) is 34.8. The van der Waals surface area contributed by atoms with Crippen LogP contribution in [-0.2, 0) is 19.3 Å². The number of hydrogen-bond donors (Lipinski definition) is 0. The number of benzene rings is 7. The molecule has 0 atom stereocenters. The summed E-state index contributed by atoms with van der Waals surface area (Å²) in [5.41, 5.74) is 22.8. The van der Waals surface area contributed by atoms with Crippen LogP contribution in [-0.4, -0.2) is 0 Å². The van der Waals surface area contributed by atoms with Gasteiger partial charge < -0.3 is 0 Å². The first kappa shape index (κ1) is 30.8. The number of hydrogen-bond acceptors (Lipinski definition) is 0. The Balaban J connectivity index is 1.19. The predicted octanol–water partition coefficient (Wildman–Crippen LogP) is 13.8. The van der Waals surface area contributed by atoms with Gasteiger partial charge in [-0.05, 0) is 156 Å². The SMILES string of the molecule is CC/C=C\c1c(C)ccc2c1C1=C(C=CC(c3c4ccccc4c(-c4ccc5c(c4)-c4c(ccc6ccccc46)CC5)c4ccccc34)=C=C1)CC2. The third-order valence-electron chi connectivity index (χ3n) is 11.7. The van der Waals surface area contributed by atoms with E-state index < -0.39 is 0 Å². The Morgan fingerprint density at radius 3 is 1.98 bits per heavy atom. The van der Waals surface area contributed by atoms with Crippen LogP contribution in [0.25, 0.3) is 71.8 Å². The molecule has 0 saturated heterocycles. The molecule has 0 bridgehead atoms. The van der Waals surface area contributed by atoms with Crippen LogP contribution >= 0.6 is 0 Å². The lowest BCUT2D eigenvalue weighted by Gasteiger charge is -2.24. The molecule has 0 aliphatic heterocycles. The van der Waals surface area contributed by atoms with Gasteiger partial charge in [0.2, 0.25) is 0 Å². The highest BCUT2D eigenvalue weighted by atomic mass is 14.3. The lowest BCUT2D eigenvalue weighted by Crippen LogP contribution is -2.06. The molecule has 0 spiro atoms. The molecule has 3 aliphatic carbocycles. The maximum atomic E-state index is 3.88. The second kappa shape index (κ2) is 12.4. The number of fused-ring (bicyclic) bond motifs is 9. The van der Waals surface area contributed by atoms with Crippen LogP contribution in [0.2, 0.25) is 0 Å². The molecule has 3 aliphatic rings. The van der Waals surface area contributed by atoms with Gasteiger partial charge in [0, 0.05) is 11.1 Å². The van der Waals surface area contributed by atoms with E-state index in [1.165, 1.54) is 105 Å². The minimum absolute atomic E-state index is 1.03. The first-order valence-electron chi connectivity index (χ1n) is 18.9. The molecule has 0 amide bonds. The smallest absolute Gasteiger partial charge is 0.0249 e. The molecule has 0 unspecified atom stereocenters. The van der Waals surface area contributed by atoms with E-state index in [0.717, 1.165) is 37.7 Å². The maximum Gasteiger partial charge on any atom is 0.0249 e. The zero-order valence-corrected chi connectivity index (χ0v) is 29.9. The van der Waals surface area contributed by atoms with Crippen molar-refractivity contribution in [3.05, 3.63) is 190 Å². The highest BCUT2D eigenvalue weighted by molar-refractivity contribution is 6.20. The topological polar surface area (TPSA) is 0 Å². The average molecular weight is 665 g/mol. The minimum Gasteiger partial charge on any atom is -0.112 e. The highest BCUT2D eigenvalue weighted by Crippen LogP contribution is 2.46. The molecule has 7 aromatic rings. The second-order valence-corrected chi connectivity index (χ2v) is 14.6. The third-order valence-corrected chi connectivity index (χ3v) is 11.7. The molecule has 0 heterocycles. The first-order chi connectivity index (χ1) is 25.7. The van der Waals surface area contributed by atoms with Crippen molar-refractivity contribution in [1.29, 1.82) is 0 Å². The van der Waals surface area contributed by atoms with Gasteiger partial charge in [-0.1, -0.05) is 134 Å².